The first-order chi connectivity index (χ1) is 7.15. The maximum absolute atomic E-state index is 11.6. The summed E-state index contributed by atoms with van der Waals surface area (Å²) in [5.74, 6) is 0.113. The molecule has 0 radical (unpaired) electrons. The van der Waals surface area contributed by atoms with Gasteiger partial charge in [-0.15, -0.1) is 0 Å². The third-order valence-electron chi connectivity index (χ3n) is 2.74. The Morgan fingerprint density at radius 2 is 2.07 bits per heavy atom. The van der Waals surface area contributed by atoms with Crippen LogP contribution in [-0.4, -0.2) is 12.3 Å². The van der Waals surface area contributed by atoms with Crippen LogP contribution in [0.5, 0.6) is 5.75 Å². The molecule has 0 bridgehead atoms. The third-order valence-corrected chi connectivity index (χ3v) is 2.74. The molecule has 3 nitrogen and oxygen atoms in total. The first kappa shape index (κ1) is 9.90. The molecule has 1 aromatic carbocycles. The van der Waals surface area contributed by atoms with Crippen LogP contribution in [0.1, 0.15) is 30.1 Å². The third kappa shape index (κ3) is 1.91. The second-order valence-electron chi connectivity index (χ2n) is 4.11. The maximum atomic E-state index is 11.6. The SMILES string of the molecule is CC1(C(=O)Oc2ccccc2C=O)CC1. The van der Waals surface area contributed by atoms with Crippen LogP contribution in [0.3, 0.4) is 0 Å². The van der Waals surface area contributed by atoms with Crippen molar-refractivity contribution in [3.8, 4) is 5.75 Å². The average Bonchev–Trinajstić information content (AvgIpc) is 2.99. The Kier molecular flexibility index (Phi) is 2.31. The Hall–Kier alpha value is -1.64. The van der Waals surface area contributed by atoms with Gasteiger partial charge in [-0.3, -0.25) is 9.59 Å². The van der Waals surface area contributed by atoms with E-state index in [0.29, 0.717) is 17.6 Å². The molecule has 15 heavy (non-hydrogen) atoms. The van der Waals surface area contributed by atoms with Gasteiger partial charge in [-0.25, -0.2) is 0 Å². The van der Waals surface area contributed by atoms with Gasteiger partial charge in [0.1, 0.15) is 5.75 Å². The number of carbonyl (C=O) groups excluding carboxylic acids is 2. The number of benzene rings is 1. The number of ether oxygens (including phenoxy) is 1. The molecule has 0 aliphatic heterocycles. The standard InChI is InChI=1S/C12H12O3/c1-12(6-7-12)11(14)15-10-5-3-2-4-9(10)8-13/h2-5,8H,6-7H2,1H3. The van der Waals surface area contributed by atoms with Crippen LogP contribution in [0.4, 0.5) is 0 Å². The summed E-state index contributed by atoms with van der Waals surface area (Å²) in [4.78, 5) is 22.3. The second-order valence-corrected chi connectivity index (χ2v) is 4.11. The summed E-state index contributed by atoms with van der Waals surface area (Å²) in [7, 11) is 0. The van der Waals surface area contributed by atoms with E-state index in [1.807, 2.05) is 6.92 Å². The van der Waals surface area contributed by atoms with E-state index in [1.54, 1.807) is 24.3 Å². The van der Waals surface area contributed by atoms with Crippen LogP contribution in [0.25, 0.3) is 0 Å². The molecule has 1 saturated carbocycles. The van der Waals surface area contributed by atoms with Gasteiger partial charge in [0.2, 0.25) is 0 Å². The van der Waals surface area contributed by atoms with E-state index in [-0.39, 0.29) is 11.4 Å². The number of rotatable bonds is 3. The number of hydrogen-bond donors (Lipinski definition) is 0. The molecule has 0 N–H and O–H groups in total. The van der Waals surface area contributed by atoms with Crippen molar-refractivity contribution in [2.45, 2.75) is 19.8 Å². The molecule has 1 fully saturated rings. The number of carbonyl (C=O) groups is 2. The maximum Gasteiger partial charge on any atom is 0.317 e. The minimum absolute atomic E-state index is 0.239. The van der Waals surface area contributed by atoms with Crippen molar-refractivity contribution in [2.24, 2.45) is 5.41 Å². The lowest BCUT2D eigenvalue weighted by Crippen LogP contribution is -2.19. The Morgan fingerprint density at radius 1 is 1.40 bits per heavy atom. The molecule has 1 aromatic rings. The molecule has 3 heteroatoms. The summed E-state index contributed by atoms with van der Waals surface area (Å²) in [6, 6.07) is 6.74. The summed E-state index contributed by atoms with van der Waals surface area (Å²) in [6.07, 6.45) is 2.43. The monoisotopic (exact) mass is 204 g/mol. The number of hydrogen-bond acceptors (Lipinski definition) is 3. The van der Waals surface area contributed by atoms with Crippen molar-refractivity contribution in [1.29, 1.82) is 0 Å². The Bertz CT molecular complexity index is 405. The summed E-state index contributed by atoms with van der Waals surface area (Å²) in [6.45, 7) is 1.87. The van der Waals surface area contributed by atoms with E-state index in [2.05, 4.69) is 0 Å². The van der Waals surface area contributed by atoms with Crippen LogP contribution < -0.4 is 4.74 Å². The Morgan fingerprint density at radius 3 is 2.67 bits per heavy atom. The van der Waals surface area contributed by atoms with E-state index in [0.717, 1.165) is 12.8 Å². The average molecular weight is 204 g/mol. The van der Waals surface area contributed by atoms with E-state index in [1.165, 1.54) is 0 Å². The van der Waals surface area contributed by atoms with Crippen molar-refractivity contribution in [3.05, 3.63) is 29.8 Å². The molecule has 0 saturated heterocycles. The van der Waals surface area contributed by atoms with E-state index >= 15 is 0 Å². The highest BCUT2D eigenvalue weighted by atomic mass is 16.5. The van der Waals surface area contributed by atoms with Crippen molar-refractivity contribution < 1.29 is 14.3 Å². The number of aldehydes is 1. The fourth-order valence-electron chi connectivity index (χ4n) is 1.29. The fraction of sp³-hybridized carbons (Fsp3) is 0.333. The predicted molar refractivity (Wildman–Crippen MR) is 54.8 cm³/mol. The Balaban J connectivity index is 2.16. The molecular formula is C12H12O3. The van der Waals surface area contributed by atoms with E-state index in [9.17, 15) is 9.59 Å². The highest BCUT2D eigenvalue weighted by Gasteiger charge is 2.46. The lowest BCUT2D eigenvalue weighted by Gasteiger charge is -2.09. The zero-order valence-electron chi connectivity index (χ0n) is 8.53. The molecule has 2 rings (SSSR count). The molecule has 0 amide bonds. The fourth-order valence-corrected chi connectivity index (χ4v) is 1.29. The van der Waals surface area contributed by atoms with Gasteiger partial charge >= 0.3 is 5.97 Å². The van der Waals surface area contributed by atoms with Gasteiger partial charge < -0.3 is 4.74 Å². The van der Waals surface area contributed by atoms with Gasteiger partial charge in [-0.1, -0.05) is 12.1 Å². The van der Waals surface area contributed by atoms with Gasteiger partial charge in [0, 0.05) is 0 Å². The molecule has 0 unspecified atom stereocenters. The van der Waals surface area contributed by atoms with Gasteiger partial charge in [0.15, 0.2) is 6.29 Å². The Labute approximate surface area is 88.1 Å². The lowest BCUT2D eigenvalue weighted by molar-refractivity contribution is -0.139. The molecular weight excluding hydrogens is 192 g/mol. The molecule has 0 atom stereocenters. The summed E-state index contributed by atoms with van der Waals surface area (Å²) >= 11 is 0. The first-order valence-electron chi connectivity index (χ1n) is 4.92. The van der Waals surface area contributed by atoms with Crippen molar-refractivity contribution >= 4 is 12.3 Å². The smallest absolute Gasteiger partial charge is 0.317 e. The van der Waals surface area contributed by atoms with Gasteiger partial charge in [-0.2, -0.15) is 0 Å². The van der Waals surface area contributed by atoms with Crippen LogP contribution in [0.2, 0.25) is 0 Å². The predicted octanol–water partition coefficient (Wildman–Crippen LogP) is 2.20. The highest BCUT2D eigenvalue weighted by Crippen LogP contribution is 2.46. The van der Waals surface area contributed by atoms with Gasteiger partial charge in [0.05, 0.1) is 11.0 Å². The zero-order chi connectivity index (χ0) is 10.9. The second kappa shape index (κ2) is 3.50. The van der Waals surface area contributed by atoms with Crippen LogP contribution in [-0.2, 0) is 4.79 Å². The van der Waals surface area contributed by atoms with Gasteiger partial charge in [0.25, 0.3) is 0 Å². The molecule has 0 heterocycles. The minimum Gasteiger partial charge on any atom is -0.425 e. The van der Waals surface area contributed by atoms with Crippen molar-refractivity contribution in [2.75, 3.05) is 0 Å². The van der Waals surface area contributed by atoms with Crippen LogP contribution in [0.15, 0.2) is 24.3 Å². The van der Waals surface area contributed by atoms with Gasteiger partial charge in [-0.05, 0) is 31.9 Å². The largest absolute Gasteiger partial charge is 0.425 e. The number of para-hydroxylation sites is 1. The van der Waals surface area contributed by atoms with E-state index < -0.39 is 0 Å². The molecule has 0 spiro atoms. The first-order valence-corrected chi connectivity index (χ1v) is 4.92. The topological polar surface area (TPSA) is 43.4 Å². The van der Waals surface area contributed by atoms with Crippen molar-refractivity contribution in [1.82, 2.24) is 0 Å². The van der Waals surface area contributed by atoms with E-state index in [4.69, 9.17) is 4.74 Å². The van der Waals surface area contributed by atoms with Crippen molar-refractivity contribution in [3.63, 3.8) is 0 Å². The molecule has 1 aliphatic carbocycles. The van der Waals surface area contributed by atoms with Crippen LogP contribution in [0, 0.1) is 5.41 Å². The molecule has 0 aromatic heterocycles. The normalized spacial score (nSPS) is 16.9. The zero-order valence-corrected chi connectivity index (χ0v) is 8.53. The minimum atomic E-state index is -0.323. The number of esters is 1. The highest BCUT2D eigenvalue weighted by molar-refractivity contribution is 5.85. The summed E-state index contributed by atoms with van der Waals surface area (Å²) in [5.41, 5.74) is 0.0887. The summed E-state index contributed by atoms with van der Waals surface area (Å²) in [5, 5.41) is 0. The quantitative estimate of drug-likeness (QED) is 0.430. The lowest BCUT2D eigenvalue weighted by atomic mass is 10.1. The van der Waals surface area contributed by atoms with Crippen LogP contribution >= 0.6 is 0 Å². The molecule has 78 valence electrons. The molecule has 1 aliphatic rings. The summed E-state index contributed by atoms with van der Waals surface area (Å²) < 4.78 is 5.19.